The number of esters is 2. The van der Waals surface area contributed by atoms with Crippen LogP contribution in [0.2, 0.25) is 0 Å². The molecule has 0 saturated carbocycles. The SMILES string of the molecule is COC(=O)/C=C/[C@@H](COC(C)=O)c1ccc(OC)cc1C. The Morgan fingerprint density at radius 2 is 2.00 bits per heavy atom. The van der Waals surface area contributed by atoms with E-state index >= 15 is 0 Å². The Morgan fingerprint density at radius 3 is 2.52 bits per heavy atom. The van der Waals surface area contributed by atoms with Gasteiger partial charge in [-0.05, 0) is 30.2 Å². The summed E-state index contributed by atoms with van der Waals surface area (Å²) >= 11 is 0. The molecule has 0 radical (unpaired) electrons. The topological polar surface area (TPSA) is 61.8 Å². The lowest BCUT2D eigenvalue weighted by Gasteiger charge is -2.16. The van der Waals surface area contributed by atoms with Crippen molar-refractivity contribution in [3.63, 3.8) is 0 Å². The summed E-state index contributed by atoms with van der Waals surface area (Å²) in [5, 5.41) is 0. The van der Waals surface area contributed by atoms with Crippen LogP contribution in [0.3, 0.4) is 0 Å². The lowest BCUT2D eigenvalue weighted by molar-refractivity contribution is -0.141. The van der Waals surface area contributed by atoms with Crippen LogP contribution in [0.1, 0.15) is 24.0 Å². The molecule has 0 aliphatic heterocycles. The van der Waals surface area contributed by atoms with E-state index in [1.54, 1.807) is 13.2 Å². The van der Waals surface area contributed by atoms with Crippen molar-refractivity contribution in [1.82, 2.24) is 0 Å². The zero-order valence-corrected chi connectivity index (χ0v) is 12.7. The number of methoxy groups -OCH3 is 2. The van der Waals surface area contributed by atoms with Gasteiger partial charge >= 0.3 is 11.9 Å². The molecule has 21 heavy (non-hydrogen) atoms. The van der Waals surface area contributed by atoms with Crippen LogP contribution in [0, 0.1) is 6.92 Å². The van der Waals surface area contributed by atoms with Gasteiger partial charge in [-0.1, -0.05) is 12.1 Å². The average Bonchev–Trinajstić information content (AvgIpc) is 2.47. The summed E-state index contributed by atoms with van der Waals surface area (Å²) in [4.78, 5) is 22.2. The summed E-state index contributed by atoms with van der Waals surface area (Å²) in [5.74, 6) is -0.287. The smallest absolute Gasteiger partial charge is 0.330 e. The lowest BCUT2D eigenvalue weighted by Crippen LogP contribution is -2.11. The van der Waals surface area contributed by atoms with Gasteiger partial charge in [0, 0.05) is 18.9 Å². The molecule has 1 aromatic carbocycles. The van der Waals surface area contributed by atoms with Crippen LogP contribution in [0.25, 0.3) is 0 Å². The molecule has 1 aromatic rings. The predicted octanol–water partition coefficient (Wildman–Crippen LogP) is 2.38. The van der Waals surface area contributed by atoms with Crippen LogP contribution in [0.4, 0.5) is 0 Å². The minimum atomic E-state index is -0.450. The second-order valence-corrected chi connectivity index (χ2v) is 4.51. The first-order valence-corrected chi connectivity index (χ1v) is 6.52. The third-order valence-corrected chi connectivity index (χ3v) is 3.01. The van der Waals surface area contributed by atoms with Gasteiger partial charge in [-0.3, -0.25) is 4.79 Å². The maximum Gasteiger partial charge on any atom is 0.330 e. The van der Waals surface area contributed by atoms with Crippen molar-refractivity contribution in [1.29, 1.82) is 0 Å². The number of ether oxygens (including phenoxy) is 3. The maximum atomic E-state index is 11.2. The summed E-state index contributed by atoms with van der Waals surface area (Å²) in [6.07, 6.45) is 3.00. The van der Waals surface area contributed by atoms with Crippen LogP contribution in [0.15, 0.2) is 30.4 Å². The normalized spacial score (nSPS) is 12.0. The molecule has 0 N–H and O–H groups in total. The summed E-state index contributed by atoms with van der Waals surface area (Å²) in [7, 11) is 2.91. The molecule has 0 spiro atoms. The molecule has 0 heterocycles. The van der Waals surface area contributed by atoms with E-state index in [1.165, 1.54) is 20.1 Å². The highest BCUT2D eigenvalue weighted by molar-refractivity contribution is 5.82. The van der Waals surface area contributed by atoms with Gasteiger partial charge in [-0.15, -0.1) is 0 Å². The van der Waals surface area contributed by atoms with Crippen molar-refractivity contribution in [3.8, 4) is 5.75 Å². The number of carbonyl (C=O) groups excluding carboxylic acids is 2. The van der Waals surface area contributed by atoms with E-state index in [1.807, 2.05) is 25.1 Å². The molecule has 0 unspecified atom stereocenters. The van der Waals surface area contributed by atoms with Crippen molar-refractivity contribution < 1.29 is 23.8 Å². The summed E-state index contributed by atoms with van der Waals surface area (Å²) < 4.78 is 14.8. The van der Waals surface area contributed by atoms with E-state index < -0.39 is 5.97 Å². The van der Waals surface area contributed by atoms with Gasteiger partial charge in [-0.2, -0.15) is 0 Å². The van der Waals surface area contributed by atoms with E-state index in [0.29, 0.717) is 0 Å². The molecule has 0 fully saturated rings. The number of aryl methyl sites for hydroxylation is 1. The summed E-state index contributed by atoms with van der Waals surface area (Å²) in [6.45, 7) is 3.45. The fraction of sp³-hybridized carbons (Fsp3) is 0.375. The Kier molecular flexibility index (Phi) is 6.46. The molecule has 114 valence electrons. The number of hydrogen-bond donors (Lipinski definition) is 0. The molecule has 0 aliphatic rings. The van der Waals surface area contributed by atoms with Gasteiger partial charge in [0.2, 0.25) is 0 Å². The van der Waals surface area contributed by atoms with Crippen LogP contribution in [0.5, 0.6) is 5.75 Å². The molecular formula is C16H20O5. The van der Waals surface area contributed by atoms with Crippen molar-refractivity contribution in [3.05, 3.63) is 41.5 Å². The average molecular weight is 292 g/mol. The van der Waals surface area contributed by atoms with Crippen molar-refractivity contribution in [2.45, 2.75) is 19.8 Å². The first-order valence-electron chi connectivity index (χ1n) is 6.52. The molecule has 0 aromatic heterocycles. The zero-order valence-electron chi connectivity index (χ0n) is 12.7. The van der Waals surface area contributed by atoms with Gasteiger partial charge in [0.05, 0.1) is 14.2 Å². The lowest BCUT2D eigenvalue weighted by atomic mass is 9.94. The van der Waals surface area contributed by atoms with Gasteiger partial charge in [0.15, 0.2) is 0 Å². The predicted molar refractivity (Wildman–Crippen MR) is 78.3 cm³/mol. The van der Waals surface area contributed by atoms with Gasteiger partial charge in [-0.25, -0.2) is 4.79 Å². The van der Waals surface area contributed by atoms with Gasteiger partial charge in [0.25, 0.3) is 0 Å². The fourth-order valence-electron chi connectivity index (χ4n) is 1.91. The molecule has 1 rings (SSSR count). The molecule has 5 nitrogen and oxygen atoms in total. The van der Waals surface area contributed by atoms with Gasteiger partial charge < -0.3 is 14.2 Å². The summed E-state index contributed by atoms with van der Waals surface area (Å²) in [5.41, 5.74) is 1.94. The molecular weight excluding hydrogens is 272 g/mol. The molecule has 0 amide bonds. The Balaban J connectivity index is 3.01. The fourth-order valence-corrected chi connectivity index (χ4v) is 1.91. The molecule has 1 atom stereocenters. The molecule has 0 saturated heterocycles. The largest absolute Gasteiger partial charge is 0.497 e. The Labute approximate surface area is 124 Å². The Morgan fingerprint density at radius 1 is 1.29 bits per heavy atom. The van der Waals surface area contributed by atoms with Crippen LogP contribution < -0.4 is 4.74 Å². The summed E-state index contributed by atoms with van der Waals surface area (Å²) in [6, 6.07) is 5.61. The number of rotatable bonds is 6. The van der Waals surface area contributed by atoms with Crippen molar-refractivity contribution in [2.75, 3.05) is 20.8 Å². The van der Waals surface area contributed by atoms with Crippen molar-refractivity contribution in [2.24, 2.45) is 0 Å². The Hall–Kier alpha value is -2.30. The minimum absolute atomic E-state index is 0.163. The van der Waals surface area contributed by atoms with E-state index in [9.17, 15) is 9.59 Å². The van der Waals surface area contributed by atoms with Gasteiger partial charge in [0.1, 0.15) is 12.4 Å². The second kappa shape index (κ2) is 8.09. The Bertz CT molecular complexity index is 533. The number of hydrogen-bond acceptors (Lipinski definition) is 5. The monoisotopic (exact) mass is 292 g/mol. The highest BCUT2D eigenvalue weighted by Crippen LogP contribution is 2.25. The minimum Gasteiger partial charge on any atom is -0.497 e. The first kappa shape index (κ1) is 16.8. The van der Waals surface area contributed by atoms with E-state index in [-0.39, 0.29) is 18.5 Å². The van der Waals surface area contributed by atoms with Crippen LogP contribution >= 0.6 is 0 Å². The maximum absolute atomic E-state index is 11.2. The van der Waals surface area contributed by atoms with Crippen molar-refractivity contribution >= 4 is 11.9 Å². The van der Waals surface area contributed by atoms with Crippen LogP contribution in [-0.2, 0) is 19.1 Å². The second-order valence-electron chi connectivity index (χ2n) is 4.51. The number of carbonyl (C=O) groups is 2. The zero-order chi connectivity index (χ0) is 15.8. The highest BCUT2D eigenvalue weighted by atomic mass is 16.5. The quantitative estimate of drug-likeness (QED) is 0.595. The number of benzene rings is 1. The van der Waals surface area contributed by atoms with E-state index in [0.717, 1.165) is 16.9 Å². The van der Waals surface area contributed by atoms with E-state index in [4.69, 9.17) is 9.47 Å². The highest BCUT2D eigenvalue weighted by Gasteiger charge is 2.14. The molecule has 5 heteroatoms. The molecule has 0 aliphatic carbocycles. The molecule has 0 bridgehead atoms. The van der Waals surface area contributed by atoms with Crippen LogP contribution in [-0.4, -0.2) is 32.8 Å². The third kappa shape index (κ3) is 5.30. The standard InChI is InChI=1S/C16H20O5/c1-11-9-14(19-3)6-7-15(11)13(10-21-12(2)17)5-8-16(18)20-4/h5-9,13H,10H2,1-4H3/b8-5+/t13-/m0/s1. The third-order valence-electron chi connectivity index (χ3n) is 3.01. The van der Waals surface area contributed by atoms with E-state index in [2.05, 4.69) is 4.74 Å². The first-order chi connectivity index (χ1) is 9.97.